The Balaban J connectivity index is 2.07. The molecule has 2 rings (SSSR count). The third-order valence-electron chi connectivity index (χ3n) is 3.20. The van der Waals surface area contributed by atoms with Crippen LogP contribution < -0.4 is 5.32 Å². The first-order valence-corrected chi connectivity index (χ1v) is 6.65. The molecule has 0 aliphatic heterocycles. The molecule has 2 aromatic rings. The van der Waals surface area contributed by atoms with Crippen LogP contribution in [0.2, 0.25) is 0 Å². The molecule has 3 heteroatoms. The molecule has 0 atom stereocenters. The van der Waals surface area contributed by atoms with Crippen molar-refractivity contribution < 1.29 is 4.79 Å². The maximum absolute atomic E-state index is 12.0. The summed E-state index contributed by atoms with van der Waals surface area (Å²) in [5.41, 5.74) is 4.41. The Labute approximate surface area is 124 Å². The van der Waals surface area contributed by atoms with Crippen LogP contribution in [0, 0.1) is 25.2 Å². The molecule has 0 saturated heterocycles. The number of amides is 1. The number of anilines is 1. The molecule has 0 radical (unpaired) electrons. The van der Waals surface area contributed by atoms with E-state index in [1.54, 1.807) is 30.3 Å². The van der Waals surface area contributed by atoms with Crippen molar-refractivity contribution in [1.29, 1.82) is 5.26 Å². The number of hydrogen-bond donors (Lipinski definition) is 1. The van der Waals surface area contributed by atoms with Gasteiger partial charge in [0.2, 0.25) is 5.91 Å². The minimum atomic E-state index is -0.170. The van der Waals surface area contributed by atoms with E-state index in [-0.39, 0.29) is 5.91 Å². The van der Waals surface area contributed by atoms with E-state index in [1.165, 1.54) is 6.08 Å². The highest BCUT2D eigenvalue weighted by atomic mass is 16.1. The molecule has 3 nitrogen and oxygen atoms in total. The molecule has 1 N–H and O–H groups in total. The van der Waals surface area contributed by atoms with E-state index >= 15 is 0 Å². The maximum Gasteiger partial charge on any atom is 0.248 e. The van der Waals surface area contributed by atoms with Crippen LogP contribution in [-0.2, 0) is 4.79 Å². The van der Waals surface area contributed by atoms with Crippen LogP contribution in [-0.4, -0.2) is 5.91 Å². The van der Waals surface area contributed by atoms with Crippen molar-refractivity contribution in [3.05, 3.63) is 70.8 Å². The zero-order chi connectivity index (χ0) is 15.2. The van der Waals surface area contributed by atoms with Gasteiger partial charge in [0.25, 0.3) is 0 Å². The van der Waals surface area contributed by atoms with Gasteiger partial charge < -0.3 is 5.32 Å². The number of carbonyl (C=O) groups is 1. The van der Waals surface area contributed by atoms with Gasteiger partial charge in [0.1, 0.15) is 0 Å². The van der Waals surface area contributed by atoms with Crippen LogP contribution in [0.25, 0.3) is 6.08 Å². The van der Waals surface area contributed by atoms with Crippen molar-refractivity contribution in [2.45, 2.75) is 13.8 Å². The second kappa shape index (κ2) is 6.53. The molecule has 21 heavy (non-hydrogen) atoms. The van der Waals surface area contributed by atoms with E-state index in [1.807, 2.05) is 32.0 Å². The Morgan fingerprint density at radius 1 is 1.10 bits per heavy atom. The lowest BCUT2D eigenvalue weighted by Gasteiger charge is -2.09. The quantitative estimate of drug-likeness (QED) is 0.866. The molecule has 0 saturated carbocycles. The van der Waals surface area contributed by atoms with Gasteiger partial charge in [0, 0.05) is 11.8 Å². The van der Waals surface area contributed by atoms with Gasteiger partial charge in [-0.3, -0.25) is 4.79 Å². The Bertz CT molecular complexity index is 702. The van der Waals surface area contributed by atoms with Crippen LogP contribution in [0.4, 0.5) is 5.69 Å². The Morgan fingerprint density at radius 2 is 1.71 bits per heavy atom. The van der Waals surface area contributed by atoms with Gasteiger partial charge >= 0.3 is 0 Å². The Morgan fingerprint density at radius 3 is 2.29 bits per heavy atom. The number of nitrogens with zero attached hydrogens (tertiary/aromatic N) is 1. The monoisotopic (exact) mass is 276 g/mol. The molecule has 0 aliphatic rings. The predicted molar refractivity (Wildman–Crippen MR) is 84.7 cm³/mol. The first-order valence-electron chi connectivity index (χ1n) is 6.65. The molecule has 0 heterocycles. The van der Waals surface area contributed by atoms with Gasteiger partial charge in [-0.2, -0.15) is 5.26 Å². The number of nitriles is 1. The van der Waals surface area contributed by atoms with Crippen molar-refractivity contribution in [3.63, 3.8) is 0 Å². The number of para-hydroxylation sites is 1. The summed E-state index contributed by atoms with van der Waals surface area (Å²) in [4.78, 5) is 12.0. The lowest BCUT2D eigenvalue weighted by Crippen LogP contribution is -2.10. The summed E-state index contributed by atoms with van der Waals surface area (Å²) in [5.74, 6) is -0.170. The van der Waals surface area contributed by atoms with E-state index in [9.17, 15) is 4.79 Å². The minimum Gasteiger partial charge on any atom is -0.322 e. The molecule has 1 amide bonds. The standard InChI is InChI=1S/C18H16N2O/c1-13-4-3-5-14(2)18(13)20-17(21)11-10-15-6-8-16(12-19)9-7-15/h3-11H,1-2H3,(H,20,21). The lowest BCUT2D eigenvalue weighted by atomic mass is 10.1. The van der Waals surface area contributed by atoms with Crippen LogP contribution >= 0.6 is 0 Å². The molecule has 0 bridgehead atoms. The average Bonchev–Trinajstić information content (AvgIpc) is 2.49. The van der Waals surface area contributed by atoms with Crippen molar-refractivity contribution in [3.8, 4) is 6.07 Å². The van der Waals surface area contributed by atoms with Crippen LogP contribution in [0.1, 0.15) is 22.3 Å². The summed E-state index contributed by atoms with van der Waals surface area (Å²) >= 11 is 0. The van der Waals surface area contributed by atoms with E-state index in [2.05, 4.69) is 11.4 Å². The van der Waals surface area contributed by atoms with Gasteiger partial charge in [0.15, 0.2) is 0 Å². The zero-order valence-corrected chi connectivity index (χ0v) is 12.1. The van der Waals surface area contributed by atoms with Crippen LogP contribution in [0.15, 0.2) is 48.5 Å². The van der Waals surface area contributed by atoms with Crippen molar-refractivity contribution in [2.75, 3.05) is 5.32 Å². The first-order chi connectivity index (χ1) is 10.1. The predicted octanol–water partition coefficient (Wildman–Crippen LogP) is 3.83. The number of nitrogens with one attached hydrogen (secondary N) is 1. The van der Waals surface area contributed by atoms with Gasteiger partial charge in [-0.05, 0) is 48.7 Å². The van der Waals surface area contributed by atoms with Gasteiger partial charge in [-0.15, -0.1) is 0 Å². The number of hydrogen-bond acceptors (Lipinski definition) is 2. The van der Waals surface area contributed by atoms with E-state index in [0.29, 0.717) is 5.56 Å². The largest absolute Gasteiger partial charge is 0.322 e. The number of benzene rings is 2. The summed E-state index contributed by atoms with van der Waals surface area (Å²) in [6.45, 7) is 3.93. The highest BCUT2D eigenvalue weighted by molar-refractivity contribution is 6.02. The second-order valence-electron chi connectivity index (χ2n) is 4.82. The highest BCUT2D eigenvalue weighted by Gasteiger charge is 2.04. The smallest absolute Gasteiger partial charge is 0.248 e. The van der Waals surface area contributed by atoms with Crippen molar-refractivity contribution >= 4 is 17.7 Å². The summed E-state index contributed by atoms with van der Waals surface area (Å²) in [6, 6.07) is 15.0. The molecule has 0 aromatic heterocycles. The first kappa shape index (κ1) is 14.5. The van der Waals surface area contributed by atoms with Crippen LogP contribution in [0.5, 0.6) is 0 Å². The Hall–Kier alpha value is -2.86. The minimum absolute atomic E-state index is 0.170. The summed E-state index contributed by atoms with van der Waals surface area (Å²) in [5, 5.41) is 11.6. The van der Waals surface area contributed by atoms with Crippen LogP contribution in [0.3, 0.4) is 0 Å². The molecule has 104 valence electrons. The summed E-state index contributed by atoms with van der Waals surface area (Å²) in [7, 11) is 0. The third-order valence-corrected chi connectivity index (χ3v) is 3.20. The number of rotatable bonds is 3. The van der Waals surface area contributed by atoms with Crippen molar-refractivity contribution in [1.82, 2.24) is 0 Å². The summed E-state index contributed by atoms with van der Waals surface area (Å²) < 4.78 is 0. The second-order valence-corrected chi connectivity index (χ2v) is 4.82. The van der Waals surface area contributed by atoms with Gasteiger partial charge in [0.05, 0.1) is 11.6 Å². The van der Waals surface area contributed by atoms with E-state index in [4.69, 9.17) is 5.26 Å². The third kappa shape index (κ3) is 3.80. The van der Waals surface area contributed by atoms with Crippen molar-refractivity contribution in [2.24, 2.45) is 0 Å². The SMILES string of the molecule is Cc1cccc(C)c1NC(=O)C=Cc1ccc(C#N)cc1. The lowest BCUT2D eigenvalue weighted by molar-refractivity contribution is -0.111. The zero-order valence-electron chi connectivity index (χ0n) is 12.1. The highest BCUT2D eigenvalue weighted by Crippen LogP contribution is 2.19. The topological polar surface area (TPSA) is 52.9 Å². The number of aryl methyl sites for hydroxylation is 2. The molecular formula is C18H16N2O. The van der Waals surface area contributed by atoms with E-state index < -0.39 is 0 Å². The molecule has 0 spiro atoms. The molecular weight excluding hydrogens is 260 g/mol. The van der Waals surface area contributed by atoms with E-state index in [0.717, 1.165) is 22.4 Å². The average molecular weight is 276 g/mol. The molecule has 0 fully saturated rings. The fourth-order valence-corrected chi connectivity index (χ4v) is 2.02. The van der Waals surface area contributed by atoms with Gasteiger partial charge in [-0.1, -0.05) is 30.3 Å². The summed E-state index contributed by atoms with van der Waals surface area (Å²) in [6.07, 6.45) is 3.22. The van der Waals surface area contributed by atoms with Gasteiger partial charge in [-0.25, -0.2) is 0 Å². The molecule has 2 aromatic carbocycles. The normalized spacial score (nSPS) is 10.3. The maximum atomic E-state index is 12.0. The fourth-order valence-electron chi connectivity index (χ4n) is 2.02. The Kier molecular flexibility index (Phi) is 4.53. The fraction of sp³-hybridized carbons (Fsp3) is 0.111. The molecule has 0 unspecified atom stereocenters. The number of carbonyl (C=O) groups excluding carboxylic acids is 1. The molecule has 0 aliphatic carbocycles.